The van der Waals surface area contributed by atoms with Gasteiger partial charge >= 0.3 is 5.97 Å². The number of carbonyl (C=O) groups is 1. The van der Waals surface area contributed by atoms with Crippen molar-refractivity contribution in [2.45, 2.75) is 25.7 Å². The number of rotatable bonds is 2. The van der Waals surface area contributed by atoms with E-state index in [1.165, 1.54) is 0 Å². The third-order valence-corrected chi connectivity index (χ3v) is 2.71. The van der Waals surface area contributed by atoms with Crippen LogP contribution in [0.5, 0.6) is 0 Å². The number of carboxylic acid groups (broad SMARTS) is 1. The van der Waals surface area contributed by atoms with E-state index in [-0.39, 0.29) is 12.8 Å². The predicted molar refractivity (Wildman–Crippen MR) is 42.8 cm³/mol. The molecule has 0 aromatic heterocycles. The maximum atomic E-state index is 13.1. The molecule has 0 aromatic rings. The van der Waals surface area contributed by atoms with Crippen molar-refractivity contribution in [3.63, 3.8) is 0 Å². The lowest BCUT2D eigenvalue weighted by Gasteiger charge is -2.37. The molecule has 0 aromatic carbocycles. The maximum Gasteiger partial charge on any atom is 0.315 e. The molecule has 1 saturated heterocycles. The first-order valence-corrected chi connectivity index (χ1v) is 4.22. The van der Waals surface area contributed by atoms with Gasteiger partial charge in [0.2, 0.25) is 0 Å². The number of piperidine rings is 1. The number of nitrogens with one attached hydrogen (secondary N) is 1. The summed E-state index contributed by atoms with van der Waals surface area (Å²) in [7, 11) is 0. The zero-order valence-corrected chi connectivity index (χ0v) is 7.44. The molecule has 13 heavy (non-hydrogen) atoms. The van der Waals surface area contributed by atoms with E-state index in [1.54, 1.807) is 0 Å². The number of aliphatic carboxylic acids is 1. The summed E-state index contributed by atoms with van der Waals surface area (Å²) in [5, 5.41) is 11.7. The normalized spacial score (nSPS) is 22.7. The predicted octanol–water partition coefficient (Wildman–Crippen LogP) is 1.10. The molecule has 1 aliphatic rings. The highest BCUT2D eigenvalue weighted by molar-refractivity contribution is 5.76. The lowest BCUT2D eigenvalue weighted by atomic mass is 9.74. The van der Waals surface area contributed by atoms with Crippen LogP contribution < -0.4 is 5.32 Å². The van der Waals surface area contributed by atoms with Crippen molar-refractivity contribution in [3.05, 3.63) is 0 Å². The van der Waals surface area contributed by atoms with Gasteiger partial charge in [-0.2, -0.15) is 0 Å². The standard InChI is InChI=1S/C8H13F2NO2/c1-7(9,10)8(6(12)13)2-4-11-5-3-8/h11H,2-5H2,1H3,(H,12,13). The third kappa shape index (κ3) is 1.65. The average molecular weight is 193 g/mol. The highest BCUT2D eigenvalue weighted by Crippen LogP contribution is 2.43. The Labute approximate surface area is 75.1 Å². The molecule has 3 nitrogen and oxygen atoms in total. The minimum absolute atomic E-state index is 0.00810. The van der Waals surface area contributed by atoms with Gasteiger partial charge in [-0.05, 0) is 25.9 Å². The molecule has 0 atom stereocenters. The summed E-state index contributed by atoms with van der Waals surface area (Å²) < 4.78 is 26.2. The largest absolute Gasteiger partial charge is 0.481 e. The Morgan fingerprint density at radius 1 is 1.46 bits per heavy atom. The van der Waals surface area contributed by atoms with E-state index in [2.05, 4.69) is 5.32 Å². The molecule has 0 unspecified atom stereocenters. The van der Waals surface area contributed by atoms with Gasteiger partial charge in [0.15, 0.2) is 0 Å². The molecule has 76 valence electrons. The minimum Gasteiger partial charge on any atom is -0.481 e. The zero-order chi connectivity index (χ0) is 10.1. The van der Waals surface area contributed by atoms with Crippen molar-refractivity contribution >= 4 is 5.97 Å². The van der Waals surface area contributed by atoms with E-state index in [1.807, 2.05) is 0 Å². The SMILES string of the molecule is CC(F)(F)C1(C(=O)O)CCNCC1. The Balaban J connectivity index is 2.93. The van der Waals surface area contributed by atoms with Gasteiger partial charge in [-0.15, -0.1) is 0 Å². The summed E-state index contributed by atoms with van der Waals surface area (Å²) in [6.07, 6.45) is -0.0162. The zero-order valence-electron chi connectivity index (χ0n) is 7.44. The number of hydrogen-bond acceptors (Lipinski definition) is 2. The van der Waals surface area contributed by atoms with Crippen molar-refractivity contribution in [2.24, 2.45) is 5.41 Å². The third-order valence-electron chi connectivity index (χ3n) is 2.71. The van der Waals surface area contributed by atoms with Crippen molar-refractivity contribution in [2.75, 3.05) is 13.1 Å². The van der Waals surface area contributed by atoms with Gasteiger partial charge < -0.3 is 10.4 Å². The monoisotopic (exact) mass is 193 g/mol. The van der Waals surface area contributed by atoms with E-state index in [0.29, 0.717) is 20.0 Å². The summed E-state index contributed by atoms with van der Waals surface area (Å²) >= 11 is 0. The van der Waals surface area contributed by atoms with E-state index < -0.39 is 17.3 Å². The quantitative estimate of drug-likeness (QED) is 0.690. The first-order chi connectivity index (χ1) is 5.90. The van der Waals surface area contributed by atoms with Gasteiger partial charge in [0.1, 0.15) is 5.41 Å². The van der Waals surface area contributed by atoms with Crippen LogP contribution in [0.15, 0.2) is 0 Å². The molecule has 0 bridgehead atoms. The van der Waals surface area contributed by atoms with Crippen molar-refractivity contribution in [1.82, 2.24) is 5.32 Å². The molecule has 0 aliphatic carbocycles. The number of hydrogen-bond donors (Lipinski definition) is 2. The Kier molecular flexibility index (Phi) is 2.56. The maximum absolute atomic E-state index is 13.1. The summed E-state index contributed by atoms with van der Waals surface area (Å²) in [4.78, 5) is 10.8. The highest BCUT2D eigenvalue weighted by Gasteiger charge is 2.56. The Morgan fingerprint density at radius 3 is 2.15 bits per heavy atom. The van der Waals surface area contributed by atoms with Gasteiger partial charge in [0, 0.05) is 6.92 Å². The number of alkyl halides is 2. The fourth-order valence-electron chi connectivity index (χ4n) is 1.69. The second-order valence-electron chi connectivity index (χ2n) is 3.53. The van der Waals surface area contributed by atoms with Crippen LogP contribution in [-0.4, -0.2) is 30.1 Å². The Hall–Kier alpha value is -0.710. The van der Waals surface area contributed by atoms with Crippen LogP contribution in [0.4, 0.5) is 8.78 Å². The summed E-state index contributed by atoms with van der Waals surface area (Å²) in [5.41, 5.74) is -1.86. The molecule has 0 amide bonds. The Bertz CT molecular complexity index is 207. The lowest BCUT2D eigenvalue weighted by molar-refractivity contribution is -0.180. The molecule has 1 fully saturated rings. The molecule has 2 N–H and O–H groups in total. The van der Waals surface area contributed by atoms with E-state index in [0.717, 1.165) is 0 Å². The van der Waals surface area contributed by atoms with Gasteiger partial charge in [-0.3, -0.25) is 4.79 Å². The van der Waals surface area contributed by atoms with Crippen LogP contribution in [0.1, 0.15) is 19.8 Å². The van der Waals surface area contributed by atoms with Gasteiger partial charge in [-0.25, -0.2) is 8.78 Å². The van der Waals surface area contributed by atoms with Crippen LogP contribution in [0, 0.1) is 5.41 Å². The molecule has 0 saturated carbocycles. The van der Waals surface area contributed by atoms with Crippen LogP contribution in [-0.2, 0) is 4.79 Å². The van der Waals surface area contributed by atoms with E-state index in [4.69, 9.17) is 5.11 Å². The molecule has 1 rings (SSSR count). The fourth-order valence-corrected chi connectivity index (χ4v) is 1.69. The topological polar surface area (TPSA) is 49.3 Å². The van der Waals surface area contributed by atoms with Crippen molar-refractivity contribution in [3.8, 4) is 0 Å². The van der Waals surface area contributed by atoms with Gasteiger partial charge in [0.05, 0.1) is 0 Å². The molecule has 0 radical (unpaired) electrons. The molecular formula is C8H13F2NO2. The molecular weight excluding hydrogens is 180 g/mol. The lowest BCUT2D eigenvalue weighted by Crippen LogP contribution is -2.52. The molecule has 1 aliphatic heterocycles. The summed E-state index contributed by atoms with van der Waals surface area (Å²) in [6.45, 7) is 1.37. The first-order valence-electron chi connectivity index (χ1n) is 4.22. The van der Waals surface area contributed by atoms with E-state index in [9.17, 15) is 13.6 Å². The highest BCUT2D eigenvalue weighted by atomic mass is 19.3. The minimum atomic E-state index is -3.15. The number of carboxylic acids is 1. The van der Waals surface area contributed by atoms with Crippen LogP contribution >= 0.6 is 0 Å². The second-order valence-corrected chi connectivity index (χ2v) is 3.53. The summed E-state index contributed by atoms with van der Waals surface area (Å²) in [6, 6.07) is 0. The van der Waals surface area contributed by atoms with Gasteiger partial charge in [-0.1, -0.05) is 0 Å². The van der Waals surface area contributed by atoms with Gasteiger partial charge in [0.25, 0.3) is 5.92 Å². The van der Waals surface area contributed by atoms with Crippen LogP contribution in [0.25, 0.3) is 0 Å². The Morgan fingerprint density at radius 2 is 1.92 bits per heavy atom. The smallest absolute Gasteiger partial charge is 0.315 e. The average Bonchev–Trinajstić information content (AvgIpc) is 2.03. The number of halogens is 2. The molecule has 5 heteroatoms. The summed E-state index contributed by atoms with van der Waals surface area (Å²) in [5.74, 6) is -4.54. The first kappa shape index (κ1) is 10.4. The van der Waals surface area contributed by atoms with Crippen LogP contribution in [0.3, 0.4) is 0 Å². The van der Waals surface area contributed by atoms with Crippen molar-refractivity contribution in [1.29, 1.82) is 0 Å². The second kappa shape index (κ2) is 3.21. The van der Waals surface area contributed by atoms with E-state index >= 15 is 0 Å². The molecule has 1 heterocycles. The van der Waals surface area contributed by atoms with Crippen LogP contribution in [0.2, 0.25) is 0 Å². The van der Waals surface area contributed by atoms with Crippen molar-refractivity contribution < 1.29 is 18.7 Å². The molecule has 0 spiro atoms. The fraction of sp³-hybridized carbons (Fsp3) is 0.875.